The van der Waals surface area contributed by atoms with Gasteiger partial charge >= 0.3 is 0 Å². The van der Waals surface area contributed by atoms with Gasteiger partial charge in [-0.25, -0.2) is 15.0 Å². The first-order chi connectivity index (χ1) is 14.2. The number of H-pyrrole nitrogens is 2. The zero-order chi connectivity index (χ0) is 19.8. The van der Waals surface area contributed by atoms with E-state index in [0.29, 0.717) is 23.5 Å². The second kappa shape index (κ2) is 6.95. The summed E-state index contributed by atoms with van der Waals surface area (Å²) in [6, 6.07) is 7.72. The van der Waals surface area contributed by atoms with Crippen molar-refractivity contribution in [3.8, 4) is 22.6 Å². The number of hydrogen-bond donors (Lipinski definition) is 4. The van der Waals surface area contributed by atoms with E-state index in [1.807, 2.05) is 31.2 Å². The SMILES string of the molecule is CCC(O)Nc1cncc(-c2cnc3n[nH]c(-c4nc5ncccc5[nH]4)c3c2)c1. The quantitative estimate of drug-likeness (QED) is 0.342. The van der Waals surface area contributed by atoms with Crippen molar-refractivity contribution in [2.24, 2.45) is 0 Å². The molecule has 0 aliphatic carbocycles. The van der Waals surface area contributed by atoms with E-state index in [-0.39, 0.29) is 0 Å². The summed E-state index contributed by atoms with van der Waals surface area (Å²) in [4.78, 5) is 20.8. The third kappa shape index (κ3) is 3.17. The smallest absolute Gasteiger partial charge is 0.181 e. The number of aliphatic hydroxyl groups is 1. The Morgan fingerprint density at radius 2 is 2.00 bits per heavy atom. The summed E-state index contributed by atoms with van der Waals surface area (Å²) in [6.07, 6.45) is 6.89. The molecule has 4 N–H and O–H groups in total. The van der Waals surface area contributed by atoms with E-state index in [2.05, 4.69) is 40.4 Å². The molecule has 0 amide bonds. The minimum Gasteiger partial charge on any atom is -0.374 e. The van der Waals surface area contributed by atoms with E-state index >= 15 is 0 Å². The highest BCUT2D eigenvalue weighted by Crippen LogP contribution is 2.29. The normalized spacial score (nSPS) is 12.5. The molecule has 0 aromatic carbocycles. The molecule has 144 valence electrons. The lowest BCUT2D eigenvalue weighted by Gasteiger charge is -2.12. The molecule has 5 aromatic heterocycles. The van der Waals surface area contributed by atoms with Gasteiger partial charge in [-0.1, -0.05) is 6.92 Å². The van der Waals surface area contributed by atoms with E-state index in [1.165, 1.54) is 0 Å². The van der Waals surface area contributed by atoms with Crippen LogP contribution in [0.1, 0.15) is 13.3 Å². The molecular formula is C20H18N8O. The molecule has 0 fully saturated rings. The zero-order valence-corrected chi connectivity index (χ0v) is 15.6. The van der Waals surface area contributed by atoms with Crippen LogP contribution in [-0.4, -0.2) is 46.5 Å². The topological polar surface area (TPSA) is 128 Å². The Morgan fingerprint density at radius 1 is 1.10 bits per heavy atom. The van der Waals surface area contributed by atoms with Crippen LogP contribution in [0.5, 0.6) is 0 Å². The summed E-state index contributed by atoms with van der Waals surface area (Å²) >= 11 is 0. The van der Waals surface area contributed by atoms with Gasteiger partial charge in [-0.3, -0.25) is 10.1 Å². The van der Waals surface area contributed by atoms with Gasteiger partial charge in [-0.2, -0.15) is 5.10 Å². The van der Waals surface area contributed by atoms with Gasteiger partial charge in [0.1, 0.15) is 11.9 Å². The molecule has 29 heavy (non-hydrogen) atoms. The second-order valence-corrected chi connectivity index (χ2v) is 6.68. The van der Waals surface area contributed by atoms with Gasteiger partial charge in [0.05, 0.1) is 22.8 Å². The van der Waals surface area contributed by atoms with Crippen molar-refractivity contribution in [1.82, 2.24) is 35.1 Å². The average molecular weight is 386 g/mol. The molecule has 0 saturated heterocycles. The Bertz CT molecular complexity index is 1280. The summed E-state index contributed by atoms with van der Waals surface area (Å²) in [5.41, 5.74) is 5.35. The first kappa shape index (κ1) is 17.3. The fourth-order valence-electron chi connectivity index (χ4n) is 3.17. The van der Waals surface area contributed by atoms with E-state index in [9.17, 15) is 5.11 Å². The van der Waals surface area contributed by atoms with Crippen LogP contribution in [0.4, 0.5) is 5.69 Å². The van der Waals surface area contributed by atoms with E-state index in [1.54, 1.807) is 24.8 Å². The van der Waals surface area contributed by atoms with Crippen molar-refractivity contribution in [1.29, 1.82) is 0 Å². The number of rotatable bonds is 5. The molecule has 5 aromatic rings. The van der Waals surface area contributed by atoms with Gasteiger partial charge in [0.15, 0.2) is 17.1 Å². The van der Waals surface area contributed by atoms with Gasteiger partial charge in [0.2, 0.25) is 0 Å². The van der Waals surface area contributed by atoms with Crippen LogP contribution in [0.25, 0.3) is 44.8 Å². The first-order valence-corrected chi connectivity index (χ1v) is 9.26. The van der Waals surface area contributed by atoms with Crippen molar-refractivity contribution < 1.29 is 5.11 Å². The lowest BCUT2D eigenvalue weighted by Crippen LogP contribution is -2.16. The number of aromatic amines is 2. The molecule has 9 heteroatoms. The maximum Gasteiger partial charge on any atom is 0.181 e. The highest BCUT2D eigenvalue weighted by Gasteiger charge is 2.14. The fraction of sp³-hybridized carbons (Fsp3) is 0.150. The van der Waals surface area contributed by atoms with Crippen LogP contribution in [-0.2, 0) is 0 Å². The third-order valence-corrected chi connectivity index (χ3v) is 4.70. The molecular weight excluding hydrogens is 368 g/mol. The summed E-state index contributed by atoms with van der Waals surface area (Å²) in [7, 11) is 0. The third-order valence-electron chi connectivity index (χ3n) is 4.70. The zero-order valence-electron chi connectivity index (χ0n) is 15.6. The monoisotopic (exact) mass is 386 g/mol. The molecule has 0 radical (unpaired) electrons. The Kier molecular flexibility index (Phi) is 4.14. The molecule has 1 unspecified atom stereocenters. The molecule has 1 atom stereocenters. The maximum atomic E-state index is 9.83. The van der Waals surface area contributed by atoms with Gasteiger partial charge < -0.3 is 15.4 Å². The molecule has 0 saturated carbocycles. The first-order valence-electron chi connectivity index (χ1n) is 9.26. The van der Waals surface area contributed by atoms with Crippen LogP contribution in [0.15, 0.2) is 49.1 Å². The molecule has 0 bridgehead atoms. The number of aliphatic hydroxyl groups excluding tert-OH is 1. The molecule has 5 rings (SSSR count). The second-order valence-electron chi connectivity index (χ2n) is 6.68. The van der Waals surface area contributed by atoms with Crippen molar-refractivity contribution in [2.45, 2.75) is 19.6 Å². The van der Waals surface area contributed by atoms with Crippen LogP contribution >= 0.6 is 0 Å². The molecule has 0 aliphatic heterocycles. The Labute approximate surface area is 165 Å². The lowest BCUT2D eigenvalue weighted by molar-refractivity contribution is 0.199. The number of pyridine rings is 3. The number of hydrogen-bond acceptors (Lipinski definition) is 7. The highest BCUT2D eigenvalue weighted by molar-refractivity contribution is 5.93. The van der Waals surface area contributed by atoms with E-state index in [4.69, 9.17) is 0 Å². The van der Waals surface area contributed by atoms with Crippen LogP contribution < -0.4 is 5.32 Å². The van der Waals surface area contributed by atoms with Crippen molar-refractivity contribution >= 4 is 27.9 Å². The van der Waals surface area contributed by atoms with E-state index < -0.39 is 6.23 Å². The highest BCUT2D eigenvalue weighted by atomic mass is 16.3. The number of fused-ring (bicyclic) bond motifs is 2. The number of anilines is 1. The average Bonchev–Trinajstić information content (AvgIpc) is 3.37. The maximum absolute atomic E-state index is 9.83. The fourth-order valence-corrected chi connectivity index (χ4v) is 3.17. The summed E-state index contributed by atoms with van der Waals surface area (Å²) < 4.78 is 0. The lowest BCUT2D eigenvalue weighted by atomic mass is 10.1. The van der Waals surface area contributed by atoms with Crippen molar-refractivity contribution in [3.63, 3.8) is 0 Å². The van der Waals surface area contributed by atoms with Crippen molar-refractivity contribution in [3.05, 3.63) is 49.1 Å². The number of aromatic nitrogens is 7. The molecule has 5 heterocycles. The Hall–Kier alpha value is -3.85. The van der Waals surface area contributed by atoms with Crippen LogP contribution in [0.3, 0.4) is 0 Å². The number of nitrogens with one attached hydrogen (secondary N) is 3. The Balaban J connectivity index is 1.57. The van der Waals surface area contributed by atoms with E-state index in [0.717, 1.165) is 33.4 Å². The standard InChI is InChI=1S/C20H18N8O/c1-2-16(29)24-13-6-11(8-21-10-13)12-7-14-17(27-28-18(14)23-9-12)20-25-15-4-3-5-22-19(15)26-20/h3-10,16,24,29H,2H2,1H3,(H,22,25,26)(H,23,27,28). The van der Waals surface area contributed by atoms with Gasteiger partial charge in [-0.05, 0) is 30.7 Å². The number of nitrogens with zero attached hydrogens (tertiary/aromatic N) is 5. The van der Waals surface area contributed by atoms with Crippen LogP contribution in [0, 0.1) is 0 Å². The number of imidazole rings is 1. The summed E-state index contributed by atoms with van der Waals surface area (Å²) in [6.45, 7) is 1.90. The summed E-state index contributed by atoms with van der Waals surface area (Å²) in [5, 5.41) is 21.0. The minimum absolute atomic E-state index is 0.598. The predicted octanol–water partition coefficient (Wildman–Crippen LogP) is 3.10. The minimum atomic E-state index is -0.616. The Morgan fingerprint density at radius 3 is 2.86 bits per heavy atom. The van der Waals surface area contributed by atoms with Crippen LogP contribution in [0.2, 0.25) is 0 Å². The molecule has 9 nitrogen and oxygen atoms in total. The predicted molar refractivity (Wildman–Crippen MR) is 110 cm³/mol. The molecule has 0 spiro atoms. The van der Waals surface area contributed by atoms with Gasteiger partial charge in [-0.15, -0.1) is 0 Å². The summed E-state index contributed by atoms with van der Waals surface area (Å²) in [5.74, 6) is 0.653. The van der Waals surface area contributed by atoms with Gasteiger partial charge in [0, 0.05) is 29.7 Å². The van der Waals surface area contributed by atoms with Gasteiger partial charge in [0.25, 0.3) is 0 Å². The molecule has 0 aliphatic rings. The largest absolute Gasteiger partial charge is 0.374 e. The van der Waals surface area contributed by atoms with Crippen molar-refractivity contribution in [2.75, 3.05) is 5.32 Å².